The smallest absolute Gasteiger partial charge is 0.408 e. The molecule has 10 heteroatoms. The Kier molecular flexibility index (Phi) is 5.00. The summed E-state index contributed by atoms with van der Waals surface area (Å²) in [5, 5.41) is 14.0. The first-order chi connectivity index (χ1) is 14.7. The van der Waals surface area contributed by atoms with Crippen LogP contribution in [0.15, 0.2) is 36.4 Å². The molecule has 4 aliphatic rings. The van der Waals surface area contributed by atoms with E-state index < -0.39 is 42.0 Å². The van der Waals surface area contributed by atoms with Crippen molar-refractivity contribution in [3.8, 4) is 0 Å². The Hall–Kier alpha value is -3.69. The van der Waals surface area contributed by atoms with Crippen molar-refractivity contribution < 1.29 is 33.8 Å². The third-order valence-electron chi connectivity index (χ3n) is 6.01. The molecule has 0 spiro atoms. The number of carbonyl (C=O) groups is 5. The predicted molar refractivity (Wildman–Crippen MR) is 107 cm³/mol. The molecule has 0 radical (unpaired) electrons. The van der Waals surface area contributed by atoms with Gasteiger partial charge in [0.15, 0.2) is 6.61 Å². The summed E-state index contributed by atoms with van der Waals surface area (Å²) < 4.78 is 4.69. The maximum absolute atomic E-state index is 13.4. The van der Waals surface area contributed by atoms with Gasteiger partial charge in [-0.1, -0.05) is 12.2 Å². The second kappa shape index (κ2) is 7.53. The molecule has 5 rings (SSSR count). The van der Waals surface area contributed by atoms with Crippen LogP contribution in [-0.4, -0.2) is 47.0 Å². The number of nitrogens with zero attached hydrogens (tertiary/aromatic N) is 1. The van der Waals surface area contributed by atoms with E-state index in [1.54, 1.807) is 30.3 Å². The van der Waals surface area contributed by atoms with E-state index in [9.17, 15) is 24.0 Å². The monoisotopic (exact) mass is 427 g/mol. The van der Waals surface area contributed by atoms with Crippen molar-refractivity contribution in [3.05, 3.63) is 36.4 Å². The van der Waals surface area contributed by atoms with Crippen molar-refractivity contribution in [2.24, 2.45) is 17.8 Å². The second-order valence-electron chi connectivity index (χ2n) is 7.94. The summed E-state index contributed by atoms with van der Waals surface area (Å²) in [7, 11) is 0. The van der Waals surface area contributed by atoms with Crippen LogP contribution >= 0.6 is 0 Å². The molecule has 0 aromatic heterocycles. The Balaban J connectivity index is 1.60. The lowest BCUT2D eigenvalue weighted by Gasteiger charge is -2.47. The molecule has 1 aromatic carbocycles. The highest BCUT2D eigenvalue weighted by Crippen LogP contribution is 2.52. The van der Waals surface area contributed by atoms with Gasteiger partial charge in [-0.05, 0) is 43.0 Å². The van der Waals surface area contributed by atoms with E-state index in [1.165, 1.54) is 6.92 Å². The molecular weight excluding hydrogens is 406 g/mol. The number of carbonyl (C=O) groups excluding carboxylic acids is 4. The predicted octanol–water partition coefficient (Wildman–Crippen LogP) is 1.28. The molecule has 2 fully saturated rings. The number of hydrogen-bond donors (Lipinski definition) is 3. The fourth-order valence-corrected chi connectivity index (χ4v) is 4.79. The number of ether oxygens (including phenoxy) is 1. The number of fused-ring (bicyclic) bond motifs is 1. The van der Waals surface area contributed by atoms with Crippen LogP contribution in [0.4, 0.5) is 16.2 Å². The zero-order valence-electron chi connectivity index (χ0n) is 16.7. The van der Waals surface area contributed by atoms with Gasteiger partial charge < -0.3 is 20.5 Å². The second-order valence-corrected chi connectivity index (χ2v) is 7.94. The summed E-state index contributed by atoms with van der Waals surface area (Å²) in [6.07, 6.45) is 3.64. The number of allylic oxidation sites excluding steroid dienone is 1. The van der Waals surface area contributed by atoms with Gasteiger partial charge in [0.25, 0.3) is 0 Å². The molecular formula is C21H21N3O7. The number of carboxylic acids is 1. The summed E-state index contributed by atoms with van der Waals surface area (Å²) in [4.78, 5) is 61.8. The van der Waals surface area contributed by atoms with E-state index in [0.29, 0.717) is 24.2 Å². The van der Waals surface area contributed by atoms with E-state index in [-0.39, 0.29) is 17.7 Å². The standard InChI is InChI=1S/C21H21N3O7/c1-11(25)22-13-2-4-14(5-3-13)24-18(28)16-12-6-8-21(9-7-12,17(16)19(24)29)23-20(30)31-10-15(26)27/h2-6,8,12,16-17H,7,9-10H2,1H3,(H,22,25)(H,23,30)(H,26,27)/t12-,16?,17?,21-/m1/s1. The molecule has 162 valence electrons. The maximum atomic E-state index is 13.4. The number of carboxylic acid groups (broad SMARTS) is 1. The third kappa shape index (κ3) is 3.54. The molecule has 3 aliphatic carbocycles. The molecule has 3 N–H and O–H groups in total. The van der Waals surface area contributed by atoms with Gasteiger partial charge in [-0.15, -0.1) is 0 Å². The lowest BCUT2D eigenvalue weighted by molar-refractivity contribution is -0.140. The van der Waals surface area contributed by atoms with Gasteiger partial charge in [0.05, 0.1) is 23.1 Å². The molecule has 31 heavy (non-hydrogen) atoms. The van der Waals surface area contributed by atoms with Gasteiger partial charge in [-0.3, -0.25) is 14.4 Å². The van der Waals surface area contributed by atoms with Gasteiger partial charge in [-0.25, -0.2) is 14.5 Å². The van der Waals surface area contributed by atoms with E-state index in [0.717, 1.165) is 4.90 Å². The minimum Gasteiger partial charge on any atom is -0.479 e. The van der Waals surface area contributed by atoms with Crippen molar-refractivity contribution in [2.75, 3.05) is 16.8 Å². The zero-order valence-corrected chi connectivity index (χ0v) is 16.7. The normalized spacial score (nSPS) is 28.3. The highest BCUT2D eigenvalue weighted by molar-refractivity contribution is 6.23. The Bertz CT molecular complexity index is 1000. The van der Waals surface area contributed by atoms with Crippen LogP contribution in [0.1, 0.15) is 19.8 Å². The number of nitrogens with one attached hydrogen (secondary N) is 2. The Morgan fingerprint density at radius 2 is 1.90 bits per heavy atom. The summed E-state index contributed by atoms with van der Waals surface area (Å²) in [6.45, 7) is 0.574. The molecule has 4 atom stereocenters. The van der Waals surface area contributed by atoms with Crippen molar-refractivity contribution in [1.82, 2.24) is 5.32 Å². The van der Waals surface area contributed by atoms with Gasteiger partial charge in [0, 0.05) is 12.6 Å². The molecule has 2 unspecified atom stereocenters. The molecule has 2 bridgehead atoms. The topological polar surface area (TPSA) is 142 Å². The number of benzene rings is 1. The van der Waals surface area contributed by atoms with Crippen LogP contribution in [0.3, 0.4) is 0 Å². The van der Waals surface area contributed by atoms with Crippen LogP contribution in [-0.2, 0) is 23.9 Å². The lowest BCUT2D eigenvalue weighted by atomic mass is 9.59. The largest absolute Gasteiger partial charge is 0.479 e. The quantitative estimate of drug-likeness (QED) is 0.475. The van der Waals surface area contributed by atoms with E-state index in [2.05, 4.69) is 15.4 Å². The molecule has 1 saturated heterocycles. The average molecular weight is 427 g/mol. The van der Waals surface area contributed by atoms with Crippen LogP contribution in [0.25, 0.3) is 0 Å². The zero-order chi connectivity index (χ0) is 22.3. The van der Waals surface area contributed by atoms with E-state index in [4.69, 9.17) is 5.11 Å². The molecule has 1 aromatic rings. The van der Waals surface area contributed by atoms with Gasteiger partial charge >= 0.3 is 12.1 Å². The average Bonchev–Trinajstić information content (AvgIpc) is 3.00. The number of hydrogen-bond acceptors (Lipinski definition) is 6. The van der Waals surface area contributed by atoms with Crippen molar-refractivity contribution in [1.29, 1.82) is 0 Å². The summed E-state index contributed by atoms with van der Waals surface area (Å²) in [6, 6.07) is 6.36. The SMILES string of the molecule is CC(=O)Nc1ccc(N2C(=O)C3C(C2=O)[C@@]2(NC(=O)OCC(=O)O)C=C[C@@H]3CC2)cc1. The number of rotatable bonds is 5. The number of anilines is 2. The summed E-state index contributed by atoms with van der Waals surface area (Å²) in [5.41, 5.74) is -0.206. The first-order valence-corrected chi connectivity index (χ1v) is 9.83. The number of amides is 4. The fraction of sp³-hybridized carbons (Fsp3) is 0.381. The summed E-state index contributed by atoms with van der Waals surface area (Å²) in [5.74, 6) is -3.87. The van der Waals surface area contributed by atoms with Gasteiger partial charge in [-0.2, -0.15) is 0 Å². The Morgan fingerprint density at radius 1 is 1.19 bits per heavy atom. The van der Waals surface area contributed by atoms with E-state index in [1.807, 2.05) is 6.08 Å². The number of imide groups is 1. The molecule has 1 saturated carbocycles. The lowest BCUT2D eigenvalue weighted by Crippen LogP contribution is -2.61. The summed E-state index contributed by atoms with van der Waals surface area (Å²) >= 11 is 0. The number of alkyl carbamates (subject to hydrolysis) is 1. The van der Waals surface area contributed by atoms with Crippen molar-refractivity contribution in [2.45, 2.75) is 25.3 Å². The molecule has 4 amide bonds. The fourth-order valence-electron chi connectivity index (χ4n) is 4.79. The minimum atomic E-state index is -1.30. The third-order valence-corrected chi connectivity index (χ3v) is 6.01. The van der Waals surface area contributed by atoms with Crippen LogP contribution < -0.4 is 15.5 Å². The molecule has 10 nitrogen and oxygen atoms in total. The minimum absolute atomic E-state index is 0.121. The molecule has 1 aliphatic heterocycles. The van der Waals surface area contributed by atoms with Crippen LogP contribution in [0.2, 0.25) is 0 Å². The van der Waals surface area contributed by atoms with Crippen LogP contribution in [0.5, 0.6) is 0 Å². The van der Waals surface area contributed by atoms with Gasteiger partial charge in [0.1, 0.15) is 0 Å². The first kappa shape index (κ1) is 20.6. The van der Waals surface area contributed by atoms with E-state index >= 15 is 0 Å². The van der Waals surface area contributed by atoms with Crippen LogP contribution in [0, 0.1) is 17.8 Å². The first-order valence-electron chi connectivity index (χ1n) is 9.83. The van der Waals surface area contributed by atoms with Crippen molar-refractivity contribution in [3.63, 3.8) is 0 Å². The molecule has 1 heterocycles. The highest BCUT2D eigenvalue weighted by atomic mass is 16.6. The van der Waals surface area contributed by atoms with Crippen molar-refractivity contribution >= 4 is 41.2 Å². The number of aliphatic carboxylic acids is 1. The highest BCUT2D eigenvalue weighted by Gasteiger charge is 2.63. The Morgan fingerprint density at radius 3 is 2.48 bits per heavy atom. The van der Waals surface area contributed by atoms with Gasteiger partial charge in [0.2, 0.25) is 17.7 Å². The Labute approximate surface area is 177 Å². The maximum Gasteiger partial charge on any atom is 0.408 e.